The van der Waals surface area contributed by atoms with Gasteiger partial charge in [-0.3, -0.25) is 14.2 Å². The first-order valence-electron chi connectivity index (χ1n) is 10.1. The highest BCUT2D eigenvalue weighted by Gasteiger charge is 2.43. The molecule has 8 nitrogen and oxygen atoms in total. The molecule has 170 valence electrons. The van der Waals surface area contributed by atoms with Crippen molar-refractivity contribution in [2.24, 2.45) is 5.92 Å². The summed E-state index contributed by atoms with van der Waals surface area (Å²) in [7, 11) is -2.33. The van der Waals surface area contributed by atoms with Gasteiger partial charge in [-0.25, -0.2) is 5.09 Å². The maximum absolute atomic E-state index is 13.5. The summed E-state index contributed by atoms with van der Waals surface area (Å²) in [4.78, 5) is 23.0. The van der Waals surface area contributed by atoms with Crippen LogP contribution in [0.5, 0.6) is 5.75 Å². The second-order valence-corrected chi connectivity index (χ2v) is 10.0. The summed E-state index contributed by atoms with van der Waals surface area (Å²) in [5, 5.41) is 17.1. The minimum absolute atomic E-state index is 0.0949. The Morgan fingerprint density at radius 3 is 2.52 bits per heavy atom. The third kappa shape index (κ3) is 6.29. The number of carbonyl (C=O) groups is 2. The van der Waals surface area contributed by atoms with Crippen molar-refractivity contribution in [1.29, 1.82) is 0 Å². The Labute approximate surface area is 182 Å². The first-order valence-corrected chi connectivity index (χ1v) is 11.9. The molecule has 9 heteroatoms. The molecule has 0 saturated carbocycles. The van der Waals surface area contributed by atoms with Crippen molar-refractivity contribution in [3.05, 3.63) is 42.0 Å². The largest absolute Gasteiger partial charge is 0.480 e. The number of carboxylic acid groups (broad SMARTS) is 1. The van der Waals surface area contributed by atoms with E-state index in [-0.39, 0.29) is 18.2 Å². The molecule has 2 aromatic rings. The molecular formula is C22H31N2O6P. The average molecular weight is 450 g/mol. The molecule has 2 atom stereocenters. The Balaban J connectivity index is 2.36. The second kappa shape index (κ2) is 10.3. The van der Waals surface area contributed by atoms with Gasteiger partial charge >= 0.3 is 13.5 Å². The summed E-state index contributed by atoms with van der Waals surface area (Å²) in [6, 6.07) is 11.2. The molecule has 0 aliphatic carbocycles. The quantitative estimate of drug-likeness (QED) is 0.447. The molecule has 0 aliphatic heterocycles. The molecule has 0 aliphatic rings. The third-order valence-electron chi connectivity index (χ3n) is 5.27. The van der Waals surface area contributed by atoms with E-state index in [1.807, 2.05) is 24.3 Å². The maximum Gasteiger partial charge on any atom is 0.342 e. The SMILES string of the molecule is COCP(=O)(NC(C)(C(=O)O)C(C)C)Oc1ccc2cccc(CCNC(C)=O)c2c1. The van der Waals surface area contributed by atoms with Crippen LogP contribution in [0.4, 0.5) is 0 Å². The van der Waals surface area contributed by atoms with Crippen molar-refractivity contribution >= 4 is 30.2 Å². The lowest BCUT2D eigenvalue weighted by Gasteiger charge is -2.34. The number of hydrogen-bond donors (Lipinski definition) is 3. The van der Waals surface area contributed by atoms with E-state index in [0.29, 0.717) is 18.7 Å². The molecule has 0 spiro atoms. The number of carboxylic acids is 1. The summed E-state index contributed by atoms with van der Waals surface area (Å²) in [5.74, 6) is -1.23. The van der Waals surface area contributed by atoms with E-state index in [1.165, 1.54) is 21.0 Å². The molecule has 0 bridgehead atoms. The van der Waals surface area contributed by atoms with Crippen molar-refractivity contribution in [3.63, 3.8) is 0 Å². The van der Waals surface area contributed by atoms with Crippen LogP contribution in [-0.2, 0) is 25.3 Å². The van der Waals surface area contributed by atoms with Gasteiger partial charge in [0.15, 0.2) is 0 Å². The van der Waals surface area contributed by atoms with E-state index in [2.05, 4.69) is 10.4 Å². The number of amides is 1. The molecule has 31 heavy (non-hydrogen) atoms. The topological polar surface area (TPSA) is 114 Å². The average Bonchev–Trinajstić information content (AvgIpc) is 2.67. The van der Waals surface area contributed by atoms with E-state index >= 15 is 0 Å². The van der Waals surface area contributed by atoms with Crippen LogP contribution >= 0.6 is 7.52 Å². The van der Waals surface area contributed by atoms with Gasteiger partial charge in [-0.1, -0.05) is 38.1 Å². The molecule has 0 heterocycles. The number of rotatable bonds is 11. The van der Waals surface area contributed by atoms with Crippen molar-refractivity contribution in [2.75, 3.05) is 20.0 Å². The molecule has 0 radical (unpaired) electrons. The zero-order chi connectivity index (χ0) is 23.2. The minimum atomic E-state index is -3.71. The van der Waals surface area contributed by atoms with Crippen molar-refractivity contribution in [3.8, 4) is 5.75 Å². The predicted molar refractivity (Wildman–Crippen MR) is 120 cm³/mol. The van der Waals surface area contributed by atoms with E-state index < -0.39 is 19.0 Å². The lowest BCUT2D eigenvalue weighted by atomic mass is 9.90. The number of nitrogens with one attached hydrogen (secondary N) is 2. The molecule has 0 fully saturated rings. The summed E-state index contributed by atoms with van der Waals surface area (Å²) in [5.41, 5.74) is -0.460. The number of fused-ring (bicyclic) bond motifs is 1. The summed E-state index contributed by atoms with van der Waals surface area (Å²) >= 11 is 0. The molecule has 2 unspecified atom stereocenters. The minimum Gasteiger partial charge on any atom is -0.480 e. The smallest absolute Gasteiger partial charge is 0.342 e. The van der Waals surface area contributed by atoms with Crippen LogP contribution < -0.4 is 14.9 Å². The monoisotopic (exact) mass is 450 g/mol. The number of methoxy groups -OCH3 is 1. The van der Waals surface area contributed by atoms with E-state index in [4.69, 9.17) is 9.26 Å². The molecule has 1 amide bonds. The second-order valence-electron chi connectivity index (χ2n) is 7.99. The predicted octanol–water partition coefficient (Wildman–Crippen LogP) is 3.78. The van der Waals surface area contributed by atoms with Gasteiger partial charge in [-0.15, -0.1) is 0 Å². The molecular weight excluding hydrogens is 419 g/mol. The van der Waals surface area contributed by atoms with E-state index in [0.717, 1.165) is 16.3 Å². The van der Waals surface area contributed by atoms with Gasteiger partial charge in [0.05, 0.1) is 0 Å². The van der Waals surface area contributed by atoms with Gasteiger partial charge < -0.3 is 19.7 Å². The Kier molecular flexibility index (Phi) is 8.23. The fourth-order valence-corrected chi connectivity index (χ4v) is 5.18. The third-order valence-corrected chi connectivity index (χ3v) is 7.17. The number of ether oxygens (including phenoxy) is 1. The lowest BCUT2D eigenvalue weighted by Crippen LogP contribution is -2.52. The van der Waals surface area contributed by atoms with Gasteiger partial charge in [0.1, 0.15) is 17.6 Å². The highest BCUT2D eigenvalue weighted by atomic mass is 31.2. The normalized spacial score (nSPS) is 15.3. The summed E-state index contributed by atoms with van der Waals surface area (Å²) in [6.45, 7) is 6.91. The molecule has 2 aromatic carbocycles. The molecule has 0 saturated heterocycles. The standard InChI is InChI=1S/C22H31N2O6P/c1-15(2)22(4,21(26)27)24-31(28,14-29-5)30-19-10-9-17-7-6-8-18(20(17)13-19)11-12-23-16(3)25/h6-10,13,15H,11-12,14H2,1-5H3,(H,23,25)(H,24,28)(H,26,27). The number of aliphatic carboxylic acids is 1. The maximum atomic E-state index is 13.5. The lowest BCUT2D eigenvalue weighted by molar-refractivity contribution is -0.145. The van der Waals surface area contributed by atoms with Crippen molar-refractivity contribution in [1.82, 2.24) is 10.4 Å². The van der Waals surface area contributed by atoms with Crippen LogP contribution in [0.2, 0.25) is 0 Å². The van der Waals surface area contributed by atoms with Crippen LogP contribution in [0.15, 0.2) is 36.4 Å². The van der Waals surface area contributed by atoms with Crippen LogP contribution in [-0.4, -0.2) is 42.5 Å². The first kappa shape index (κ1) is 24.9. The van der Waals surface area contributed by atoms with Crippen LogP contribution in [0.25, 0.3) is 10.8 Å². The fourth-order valence-electron chi connectivity index (χ4n) is 3.16. The van der Waals surface area contributed by atoms with Gasteiger partial charge in [-0.05, 0) is 47.7 Å². The number of carbonyl (C=O) groups excluding carboxylic acids is 1. The van der Waals surface area contributed by atoms with Gasteiger partial charge in [0.2, 0.25) is 5.91 Å². The molecule has 0 aromatic heterocycles. The highest BCUT2D eigenvalue weighted by molar-refractivity contribution is 7.57. The summed E-state index contributed by atoms with van der Waals surface area (Å²) in [6.07, 6.45) is 0.337. The Bertz CT molecular complexity index is 993. The highest BCUT2D eigenvalue weighted by Crippen LogP contribution is 2.46. The molecule has 2 rings (SSSR count). The van der Waals surface area contributed by atoms with Crippen LogP contribution in [0.1, 0.15) is 33.3 Å². The Morgan fingerprint density at radius 1 is 1.23 bits per heavy atom. The number of benzene rings is 2. The number of hydrogen-bond acceptors (Lipinski definition) is 5. The van der Waals surface area contributed by atoms with Crippen molar-refractivity contribution in [2.45, 2.75) is 39.7 Å². The van der Waals surface area contributed by atoms with E-state index in [9.17, 15) is 19.3 Å². The summed E-state index contributed by atoms with van der Waals surface area (Å²) < 4.78 is 24.4. The fraction of sp³-hybridized carbons (Fsp3) is 0.455. The van der Waals surface area contributed by atoms with Gasteiger partial charge in [0, 0.05) is 20.6 Å². The first-order chi connectivity index (χ1) is 14.5. The Morgan fingerprint density at radius 2 is 1.94 bits per heavy atom. The van der Waals surface area contributed by atoms with Crippen molar-refractivity contribution < 1.29 is 28.5 Å². The van der Waals surface area contributed by atoms with Crippen LogP contribution in [0.3, 0.4) is 0 Å². The van der Waals surface area contributed by atoms with Gasteiger partial charge in [-0.2, -0.15) is 0 Å². The Hall–Kier alpha value is -2.41. The molecule has 3 N–H and O–H groups in total. The zero-order valence-corrected chi connectivity index (χ0v) is 19.5. The van der Waals surface area contributed by atoms with Gasteiger partial charge in [0.25, 0.3) is 0 Å². The zero-order valence-electron chi connectivity index (χ0n) is 18.6. The van der Waals surface area contributed by atoms with Crippen LogP contribution in [0, 0.1) is 5.92 Å². The van der Waals surface area contributed by atoms with E-state index in [1.54, 1.807) is 26.0 Å².